The average molecular weight is 512 g/mol. The van der Waals surface area contributed by atoms with Crippen molar-refractivity contribution in [2.45, 2.75) is 19.0 Å². The molecular weight excluding hydrogens is 493 g/mol. The number of aliphatic carboxylic acids is 1. The fraction of sp³-hybridized carbons (Fsp3) is 0.125. The van der Waals surface area contributed by atoms with Crippen LogP contribution >= 0.6 is 0 Å². The second-order valence-electron chi connectivity index (χ2n) is 7.85. The van der Waals surface area contributed by atoms with Crippen LogP contribution in [-0.4, -0.2) is 50.2 Å². The Morgan fingerprint density at radius 3 is 2.49 bits per heavy atom. The number of aromatic amines is 2. The minimum Gasteiger partial charge on any atom is -0.475 e. The lowest BCUT2D eigenvalue weighted by Crippen LogP contribution is -2.21. The number of carbonyl (C=O) groups is 3. The monoisotopic (exact) mass is 512 g/mol. The average Bonchev–Trinajstić information content (AvgIpc) is 3.47. The molecule has 2 aromatic heterocycles. The fourth-order valence-corrected chi connectivity index (χ4v) is 3.68. The number of amides is 2. The molecule has 13 heteroatoms. The molecule has 10 nitrogen and oxygen atoms in total. The lowest BCUT2D eigenvalue weighted by atomic mass is 10.0. The van der Waals surface area contributed by atoms with Gasteiger partial charge in [0, 0.05) is 40.5 Å². The van der Waals surface area contributed by atoms with Crippen molar-refractivity contribution in [3.05, 3.63) is 71.8 Å². The van der Waals surface area contributed by atoms with Crippen molar-refractivity contribution >= 4 is 40.6 Å². The van der Waals surface area contributed by atoms with Crippen LogP contribution in [0.5, 0.6) is 0 Å². The van der Waals surface area contributed by atoms with Crippen LogP contribution in [-0.2, 0) is 16.0 Å². The fourth-order valence-electron chi connectivity index (χ4n) is 3.68. The van der Waals surface area contributed by atoms with Crippen molar-refractivity contribution in [2.75, 3.05) is 5.32 Å². The Hall–Kier alpha value is -4.94. The topological polar surface area (TPSA) is 152 Å². The van der Waals surface area contributed by atoms with Gasteiger partial charge in [-0.3, -0.25) is 9.59 Å². The first kappa shape index (κ1) is 25.2. The number of aryl methyl sites for hydroxylation is 1. The molecule has 0 unspecified atom stereocenters. The number of rotatable bonds is 5. The normalized spacial score (nSPS) is 12.4. The SMILES string of the molecule is O=C(CCc1cnc[nH]1)Nc1cc2c3c(c(-c4ccccc4)[nH]c3c1)C=NNC2=O.O=C(O)C(F)(F)F. The first-order valence-corrected chi connectivity index (χ1v) is 10.8. The summed E-state index contributed by atoms with van der Waals surface area (Å²) in [6.07, 6.45) is 0.708. The highest BCUT2D eigenvalue weighted by Crippen LogP contribution is 2.34. The Kier molecular flexibility index (Phi) is 7.04. The summed E-state index contributed by atoms with van der Waals surface area (Å²) in [6, 6.07) is 13.4. The largest absolute Gasteiger partial charge is 0.490 e. The van der Waals surface area contributed by atoms with Gasteiger partial charge in [-0.25, -0.2) is 15.2 Å². The zero-order valence-corrected chi connectivity index (χ0v) is 18.9. The molecule has 2 amide bonds. The quantitative estimate of drug-likeness (QED) is 0.275. The van der Waals surface area contributed by atoms with E-state index < -0.39 is 12.1 Å². The number of nitrogens with zero attached hydrogens (tertiary/aromatic N) is 2. The van der Waals surface area contributed by atoms with Crippen LogP contribution in [0.3, 0.4) is 0 Å². The van der Waals surface area contributed by atoms with E-state index in [4.69, 9.17) is 9.90 Å². The summed E-state index contributed by atoms with van der Waals surface area (Å²) >= 11 is 0. The third-order valence-corrected chi connectivity index (χ3v) is 5.31. The Morgan fingerprint density at radius 1 is 1.11 bits per heavy atom. The van der Waals surface area contributed by atoms with Crippen LogP contribution in [0.15, 0.2) is 60.1 Å². The molecule has 0 aliphatic carbocycles. The molecule has 37 heavy (non-hydrogen) atoms. The van der Waals surface area contributed by atoms with Crippen LogP contribution in [0, 0.1) is 0 Å². The maximum Gasteiger partial charge on any atom is 0.490 e. The molecule has 4 aromatic rings. The zero-order valence-electron chi connectivity index (χ0n) is 18.9. The van der Waals surface area contributed by atoms with Crippen LogP contribution in [0.25, 0.3) is 22.2 Å². The number of anilines is 1. The molecule has 0 bridgehead atoms. The third kappa shape index (κ3) is 5.83. The minimum absolute atomic E-state index is 0.142. The smallest absolute Gasteiger partial charge is 0.475 e. The van der Waals surface area contributed by atoms with Crippen molar-refractivity contribution in [1.29, 1.82) is 0 Å². The van der Waals surface area contributed by atoms with Gasteiger partial charge in [0.15, 0.2) is 0 Å². The van der Waals surface area contributed by atoms with E-state index in [-0.39, 0.29) is 11.8 Å². The van der Waals surface area contributed by atoms with Gasteiger partial charge in [0.05, 0.1) is 23.8 Å². The van der Waals surface area contributed by atoms with Gasteiger partial charge < -0.3 is 20.4 Å². The molecule has 0 radical (unpaired) electrons. The van der Waals surface area contributed by atoms with Crippen molar-refractivity contribution in [1.82, 2.24) is 20.4 Å². The van der Waals surface area contributed by atoms with E-state index in [1.54, 1.807) is 24.8 Å². The molecule has 1 aliphatic rings. The standard InChI is InChI=1S/C22H18N6O2.C2HF3O2/c29-19(7-6-14-10-23-12-24-14)26-15-8-16-20-17(11-25-28-22(16)30)21(27-18(20)9-15)13-4-2-1-3-5-13;3-2(4,5)1(6)7/h1-5,8-12,27H,6-7H2,(H,23,24)(H,26,29)(H,28,30);(H,6,7). The summed E-state index contributed by atoms with van der Waals surface area (Å²) in [6.45, 7) is 0. The van der Waals surface area contributed by atoms with E-state index in [2.05, 4.69) is 30.8 Å². The number of carboxylic acid groups (broad SMARTS) is 1. The second kappa shape index (κ2) is 10.4. The van der Waals surface area contributed by atoms with Gasteiger partial charge >= 0.3 is 12.1 Å². The molecule has 190 valence electrons. The Balaban J connectivity index is 0.000000405. The van der Waals surface area contributed by atoms with E-state index in [0.29, 0.717) is 24.1 Å². The predicted molar refractivity (Wildman–Crippen MR) is 128 cm³/mol. The molecule has 1 aliphatic heterocycles. The first-order valence-electron chi connectivity index (χ1n) is 10.8. The number of carboxylic acids is 1. The first-order chi connectivity index (χ1) is 17.6. The summed E-state index contributed by atoms with van der Waals surface area (Å²) < 4.78 is 31.7. The van der Waals surface area contributed by atoms with Gasteiger partial charge in [0.2, 0.25) is 5.91 Å². The van der Waals surface area contributed by atoms with E-state index in [1.807, 2.05) is 36.4 Å². The van der Waals surface area contributed by atoms with Crippen LogP contribution < -0.4 is 10.7 Å². The highest BCUT2D eigenvalue weighted by Gasteiger charge is 2.38. The Labute approximate surface area is 206 Å². The summed E-state index contributed by atoms with van der Waals surface area (Å²) in [5.74, 6) is -3.22. The van der Waals surface area contributed by atoms with Gasteiger partial charge in [-0.05, 0) is 24.1 Å². The van der Waals surface area contributed by atoms with E-state index in [1.165, 1.54) is 0 Å². The van der Waals surface area contributed by atoms with Gasteiger partial charge in [-0.2, -0.15) is 18.3 Å². The van der Waals surface area contributed by atoms with Crippen LogP contribution in [0.4, 0.5) is 18.9 Å². The number of hydrogen-bond donors (Lipinski definition) is 5. The van der Waals surface area contributed by atoms with Crippen LogP contribution in [0.1, 0.15) is 28.0 Å². The van der Waals surface area contributed by atoms with Gasteiger partial charge in [-0.1, -0.05) is 30.3 Å². The van der Waals surface area contributed by atoms with E-state index in [0.717, 1.165) is 33.4 Å². The molecule has 0 saturated carbocycles. The maximum atomic E-state index is 12.6. The van der Waals surface area contributed by atoms with E-state index >= 15 is 0 Å². The number of alkyl halides is 3. The third-order valence-electron chi connectivity index (χ3n) is 5.31. The van der Waals surface area contributed by atoms with E-state index in [9.17, 15) is 22.8 Å². The molecule has 3 heterocycles. The maximum absolute atomic E-state index is 12.6. The predicted octanol–water partition coefficient (Wildman–Crippen LogP) is 3.84. The number of aromatic nitrogens is 3. The number of hydrogen-bond acceptors (Lipinski definition) is 5. The molecule has 5 rings (SSSR count). The number of halogens is 3. The van der Waals surface area contributed by atoms with Gasteiger partial charge in [0.25, 0.3) is 5.91 Å². The molecule has 0 saturated heterocycles. The molecule has 2 aromatic carbocycles. The highest BCUT2D eigenvalue weighted by molar-refractivity contribution is 6.18. The number of imidazole rings is 1. The number of carbonyl (C=O) groups excluding carboxylic acids is 2. The summed E-state index contributed by atoms with van der Waals surface area (Å²) in [5.41, 5.74) is 7.89. The van der Waals surface area contributed by atoms with Gasteiger partial charge in [0.1, 0.15) is 0 Å². The minimum atomic E-state index is -5.08. The highest BCUT2D eigenvalue weighted by atomic mass is 19.4. The number of hydrazone groups is 1. The number of nitrogens with one attached hydrogen (secondary N) is 4. The van der Waals surface area contributed by atoms with Gasteiger partial charge in [-0.15, -0.1) is 0 Å². The molecular formula is C24H19F3N6O4. The van der Waals surface area contributed by atoms with Crippen molar-refractivity contribution in [2.24, 2.45) is 5.10 Å². The number of benzene rings is 2. The molecule has 0 fully saturated rings. The summed E-state index contributed by atoms with van der Waals surface area (Å²) in [4.78, 5) is 44.2. The zero-order chi connectivity index (χ0) is 26.6. The molecule has 5 N–H and O–H groups in total. The summed E-state index contributed by atoms with van der Waals surface area (Å²) in [7, 11) is 0. The van der Waals surface area contributed by atoms with Crippen molar-refractivity contribution < 1.29 is 32.7 Å². The van der Waals surface area contributed by atoms with Crippen LogP contribution in [0.2, 0.25) is 0 Å². The lowest BCUT2D eigenvalue weighted by Gasteiger charge is -2.08. The second-order valence-corrected chi connectivity index (χ2v) is 7.85. The Bertz CT molecular complexity index is 1480. The molecule has 0 spiro atoms. The van der Waals surface area contributed by atoms with Crippen molar-refractivity contribution in [3.63, 3.8) is 0 Å². The Morgan fingerprint density at radius 2 is 1.84 bits per heavy atom. The number of H-pyrrole nitrogens is 2. The summed E-state index contributed by atoms with van der Waals surface area (Å²) in [5, 5.41) is 14.9. The lowest BCUT2D eigenvalue weighted by molar-refractivity contribution is -0.192. The van der Waals surface area contributed by atoms with Crippen molar-refractivity contribution in [3.8, 4) is 11.3 Å². The molecule has 0 atom stereocenters.